The number of thiophene rings is 1. The van der Waals surface area contributed by atoms with E-state index in [1.165, 1.54) is 11.8 Å². The average Bonchev–Trinajstić information content (AvgIpc) is 3.50. The third-order valence-electron chi connectivity index (χ3n) is 4.70. The summed E-state index contributed by atoms with van der Waals surface area (Å²) in [5.41, 5.74) is 1.15. The number of rotatable bonds is 8. The number of anilines is 1. The Hall–Kier alpha value is -2.91. The maximum Gasteiger partial charge on any atom is 0.238 e. The van der Waals surface area contributed by atoms with Crippen LogP contribution >= 0.6 is 23.1 Å². The number of amides is 1. The summed E-state index contributed by atoms with van der Waals surface area (Å²) in [7, 11) is 0. The first-order valence-electron chi connectivity index (χ1n) is 10.0. The van der Waals surface area contributed by atoms with Crippen molar-refractivity contribution in [3.05, 3.63) is 65.7 Å². The van der Waals surface area contributed by atoms with Crippen molar-refractivity contribution < 1.29 is 4.79 Å². The van der Waals surface area contributed by atoms with Crippen molar-refractivity contribution in [2.45, 2.75) is 43.8 Å². The highest BCUT2D eigenvalue weighted by Gasteiger charge is 2.22. The molecule has 0 aliphatic carbocycles. The van der Waals surface area contributed by atoms with Crippen LogP contribution in [-0.4, -0.2) is 35.7 Å². The van der Waals surface area contributed by atoms with E-state index in [4.69, 9.17) is 0 Å². The van der Waals surface area contributed by atoms with Crippen molar-refractivity contribution in [1.82, 2.24) is 24.5 Å². The molecule has 31 heavy (non-hydrogen) atoms. The first-order valence-corrected chi connectivity index (χ1v) is 11.8. The van der Waals surface area contributed by atoms with Crippen LogP contribution in [0.5, 0.6) is 0 Å². The van der Waals surface area contributed by atoms with Gasteiger partial charge in [0.2, 0.25) is 5.91 Å². The Balaban J connectivity index is 1.56. The number of benzene rings is 1. The molecule has 0 aliphatic rings. The quantitative estimate of drug-likeness (QED) is 0.383. The molecule has 1 atom stereocenters. The molecule has 0 bridgehead atoms. The van der Waals surface area contributed by atoms with Crippen LogP contribution in [0.15, 0.2) is 65.3 Å². The number of hydrogen-bond acceptors (Lipinski definition) is 6. The van der Waals surface area contributed by atoms with E-state index in [9.17, 15) is 4.79 Å². The molecule has 4 rings (SSSR count). The van der Waals surface area contributed by atoms with Crippen LogP contribution in [0.4, 0.5) is 5.82 Å². The van der Waals surface area contributed by atoms with E-state index in [1.807, 2.05) is 62.5 Å². The van der Waals surface area contributed by atoms with Gasteiger partial charge < -0.3 is 5.32 Å². The second-order valence-corrected chi connectivity index (χ2v) is 9.61. The molecule has 0 radical (unpaired) electrons. The minimum atomic E-state index is -0.356. The van der Waals surface area contributed by atoms with Crippen molar-refractivity contribution in [1.29, 1.82) is 0 Å². The van der Waals surface area contributed by atoms with Crippen LogP contribution in [0.2, 0.25) is 0 Å². The molecule has 1 amide bonds. The van der Waals surface area contributed by atoms with E-state index in [2.05, 4.69) is 37.3 Å². The smallest absolute Gasteiger partial charge is 0.238 e. The van der Waals surface area contributed by atoms with Gasteiger partial charge in [0, 0.05) is 12.1 Å². The van der Waals surface area contributed by atoms with Gasteiger partial charge in [0.25, 0.3) is 0 Å². The lowest BCUT2D eigenvalue weighted by atomic mass is 10.2. The molecule has 0 aliphatic heterocycles. The molecule has 1 unspecified atom stereocenters. The Morgan fingerprint density at radius 3 is 2.61 bits per heavy atom. The van der Waals surface area contributed by atoms with Crippen LogP contribution in [0, 0.1) is 0 Å². The molecule has 0 spiro atoms. The number of carbonyl (C=O) groups excluding carboxylic acids is 1. The van der Waals surface area contributed by atoms with Gasteiger partial charge in [-0.25, -0.2) is 4.68 Å². The van der Waals surface area contributed by atoms with Crippen molar-refractivity contribution in [2.75, 3.05) is 5.32 Å². The molecule has 3 aromatic heterocycles. The van der Waals surface area contributed by atoms with Gasteiger partial charge in [0.15, 0.2) is 11.0 Å². The number of nitrogens with one attached hydrogen (secondary N) is 1. The zero-order valence-electron chi connectivity index (χ0n) is 17.6. The molecule has 1 N–H and O–H groups in total. The van der Waals surface area contributed by atoms with Crippen molar-refractivity contribution in [3.8, 4) is 10.7 Å². The molecule has 4 aromatic rings. The minimum absolute atomic E-state index is 0.0978. The van der Waals surface area contributed by atoms with Crippen LogP contribution in [0.1, 0.15) is 32.4 Å². The lowest BCUT2D eigenvalue weighted by Crippen LogP contribution is -2.25. The molecular formula is C22H24N6OS2. The fourth-order valence-corrected chi connectivity index (χ4v) is 4.70. The Bertz CT molecular complexity index is 1130. The Morgan fingerprint density at radius 1 is 1.10 bits per heavy atom. The largest absolute Gasteiger partial charge is 0.310 e. The summed E-state index contributed by atoms with van der Waals surface area (Å²) in [6.45, 7) is 6.57. The summed E-state index contributed by atoms with van der Waals surface area (Å²) in [6, 6.07) is 16.2. The molecule has 0 saturated heterocycles. The Morgan fingerprint density at radius 2 is 1.90 bits per heavy atom. The van der Waals surface area contributed by atoms with E-state index in [1.54, 1.807) is 22.2 Å². The normalized spacial score (nSPS) is 12.3. The fourth-order valence-electron chi connectivity index (χ4n) is 3.14. The van der Waals surface area contributed by atoms with Crippen molar-refractivity contribution in [2.24, 2.45) is 0 Å². The standard InChI is InChI=1S/C22H24N6OS2/c1-15(2)28-19(11-12-23-28)24-21(29)16(3)31-22-26-25-20(18-10-7-13-30-18)27(22)14-17-8-5-4-6-9-17/h4-13,15-16H,14H2,1-3H3,(H,24,29). The van der Waals surface area contributed by atoms with Crippen molar-refractivity contribution in [3.63, 3.8) is 0 Å². The van der Waals surface area contributed by atoms with E-state index in [0.29, 0.717) is 17.5 Å². The van der Waals surface area contributed by atoms with E-state index in [0.717, 1.165) is 16.3 Å². The summed E-state index contributed by atoms with van der Waals surface area (Å²) < 4.78 is 3.87. The summed E-state index contributed by atoms with van der Waals surface area (Å²) >= 11 is 3.03. The van der Waals surface area contributed by atoms with E-state index >= 15 is 0 Å². The maximum atomic E-state index is 12.9. The second-order valence-electron chi connectivity index (χ2n) is 7.36. The van der Waals surface area contributed by atoms with Crippen LogP contribution in [0.3, 0.4) is 0 Å². The average molecular weight is 453 g/mol. The first kappa shape index (κ1) is 21.3. The lowest BCUT2D eigenvalue weighted by Gasteiger charge is -2.15. The van der Waals surface area contributed by atoms with Crippen LogP contribution in [0.25, 0.3) is 10.7 Å². The zero-order chi connectivity index (χ0) is 21.8. The van der Waals surface area contributed by atoms with Gasteiger partial charge in [-0.2, -0.15) is 5.10 Å². The highest BCUT2D eigenvalue weighted by atomic mass is 32.2. The monoisotopic (exact) mass is 452 g/mol. The number of hydrogen-bond donors (Lipinski definition) is 1. The molecule has 7 nitrogen and oxygen atoms in total. The van der Waals surface area contributed by atoms with Gasteiger partial charge in [-0.05, 0) is 37.8 Å². The van der Waals surface area contributed by atoms with Crippen LogP contribution < -0.4 is 5.32 Å². The molecule has 9 heteroatoms. The van der Waals surface area contributed by atoms with Gasteiger partial charge in [-0.15, -0.1) is 21.5 Å². The molecule has 3 heterocycles. The fraction of sp³-hybridized carbons (Fsp3) is 0.273. The SMILES string of the molecule is CC(Sc1nnc(-c2cccs2)n1Cc1ccccc1)C(=O)Nc1ccnn1C(C)C. The highest BCUT2D eigenvalue weighted by Crippen LogP contribution is 2.30. The Labute approximate surface area is 189 Å². The zero-order valence-corrected chi connectivity index (χ0v) is 19.2. The Kier molecular flexibility index (Phi) is 6.53. The summed E-state index contributed by atoms with van der Waals surface area (Å²) in [5.74, 6) is 1.41. The third-order valence-corrected chi connectivity index (χ3v) is 6.65. The molecule has 0 saturated carbocycles. The number of aromatic nitrogens is 5. The third kappa shape index (κ3) is 4.88. The van der Waals surface area contributed by atoms with Crippen molar-refractivity contribution >= 4 is 34.8 Å². The van der Waals surface area contributed by atoms with Gasteiger partial charge in [0.1, 0.15) is 5.82 Å². The van der Waals surface area contributed by atoms with Gasteiger partial charge in [-0.3, -0.25) is 9.36 Å². The number of thioether (sulfide) groups is 1. The maximum absolute atomic E-state index is 12.9. The number of nitrogens with zero attached hydrogens (tertiary/aromatic N) is 5. The first-order chi connectivity index (χ1) is 15.0. The van der Waals surface area contributed by atoms with Gasteiger partial charge in [0.05, 0.1) is 22.9 Å². The minimum Gasteiger partial charge on any atom is -0.310 e. The predicted octanol–water partition coefficient (Wildman–Crippen LogP) is 4.95. The highest BCUT2D eigenvalue weighted by molar-refractivity contribution is 8.00. The van der Waals surface area contributed by atoms with Gasteiger partial charge >= 0.3 is 0 Å². The topological polar surface area (TPSA) is 77.6 Å². The predicted molar refractivity (Wildman–Crippen MR) is 125 cm³/mol. The molecule has 0 fully saturated rings. The van der Waals surface area contributed by atoms with Gasteiger partial charge in [-0.1, -0.05) is 48.2 Å². The molecule has 1 aromatic carbocycles. The molecular weight excluding hydrogens is 428 g/mol. The van der Waals surface area contributed by atoms with E-state index < -0.39 is 0 Å². The second kappa shape index (κ2) is 9.49. The summed E-state index contributed by atoms with van der Waals surface area (Å²) in [4.78, 5) is 13.9. The molecule has 160 valence electrons. The summed E-state index contributed by atoms with van der Waals surface area (Å²) in [5, 5.41) is 18.5. The number of carbonyl (C=O) groups is 1. The summed E-state index contributed by atoms with van der Waals surface area (Å²) in [6.07, 6.45) is 1.69. The van der Waals surface area contributed by atoms with E-state index in [-0.39, 0.29) is 17.2 Å². The van der Waals surface area contributed by atoms with Crippen LogP contribution in [-0.2, 0) is 11.3 Å². The lowest BCUT2D eigenvalue weighted by molar-refractivity contribution is -0.115.